The topological polar surface area (TPSA) is 20.2 Å². The molecule has 0 radical (unpaired) electrons. The van der Waals surface area contributed by atoms with Crippen molar-refractivity contribution in [2.75, 3.05) is 0 Å². The molecule has 1 N–H and O–H groups in total. The third kappa shape index (κ3) is 3.28. The van der Waals surface area contributed by atoms with Crippen LogP contribution in [0.2, 0.25) is 5.02 Å². The first-order chi connectivity index (χ1) is 10.1. The minimum Gasteiger partial charge on any atom is -0.392 e. The Kier molecular flexibility index (Phi) is 4.27. The highest BCUT2D eigenvalue weighted by Gasteiger charge is 2.25. The van der Waals surface area contributed by atoms with Gasteiger partial charge in [-0.05, 0) is 60.1 Å². The van der Waals surface area contributed by atoms with Crippen LogP contribution < -0.4 is 0 Å². The predicted octanol–water partition coefficient (Wildman–Crippen LogP) is 4.19. The van der Waals surface area contributed by atoms with E-state index in [4.69, 9.17) is 11.6 Å². The van der Waals surface area contributed by atoms with Crippen LogP contribution in [-0.2, 0) is 19.3 Å². The molecule has 0 aromatic heterocycles. The lowest BCUT2D eigenvalue weighted by atomic mass is 9.79. The van der Waals surface area contributed by atoms with Crippen LogP contribution in [0, 0.1) is 11.7 Å². The average Bonchev–Trinajstić information content (AvgIpc) is 2.50. The first-order valence-corrected chi connectivity index (χ1v) is 7.70. The van der Waals surface area contributed by atoms with Crippen LogP contribution in [-0.4, -0.2) is 11.2 Å². The summed E-state index contributed by atoms with van der Waals surface area (Å²) in [4.78, 5) is 0. The molecule has 1 aliphatic carbocycles. The largest absolute Gasteiger partial charge is 0.392 e. The molecule has 0 aliphatic heterocycles. The van der Waals surface area contributed by atoms with Gasteiger partial charge in [-0.25, -0.2) is 4.39 Å². The van der Waals surface area contributed by atoms with Gasteiger partial charge in [0.25, 0.3) is 0 Å². The number of aliphatic hydroxyl groups excluding tert-OH is 1. The quantitative estimate of drug-likeness (QED) is 0.901. The molecule has 2 aromatic carbocycles. The van der Waals surface area contributed by atoms with Crippen LogP contribution >= 0.6 is 11.6 Å². The zero-order chi connectivity index (χ0) is 14.8. The Morgan fingerprint density at radius 2 is 1.95 bits per heavy atom. The van der Waals surface area contributed by atoms with Crippen LogP contribution in [0.5, 0.6) is 0 Å². The van der Waals surface area contributed by atoms with E-state index >= 15 is 0 Å². The van der Waals surface area contributed by atoms with Gasteiger partial charge < -0.3 is 5.11 Å². The highest BCUT2D eigenvalue weighted by Crippen LogP contribution is 2.29. The van der Waals surface area contributed by atoms with Gasteiger partial charge in [-0.2, -0.15) is 0 Å². The van der Waals surface area contributed by atoms with Gasteiger partial charge in [0.15, 0.2) is 0 Å². The number of hydrogen-bond donors (Lipinski definition) is 1. The third-order valence-electron chi connectivity index (χ3n) is 4.37. The molecule has 0 saturated carbocycles. The van der Waals surface area contributed by atoms with E-state index in [9.17, 15) is 9.50 Å². The monoisotopic (exact) mass is 304 g/mol. The summed E-state index contributed by atoms with van der Waals surface area (Å²) >= 11 is 5.90. The molecular weight excluding hydrogens is 287 g/mol. The maximum atomic E-state index is 13.8. The molecule has 110 valence electrons. The number of benzene rings is 2. The molecule has 0 amide bonds. The zero-order valence-electron chi connectivity index (χ0n) is 11.7. The number of aliphatic hydroxyl groups is 1. The first-order valence-electron chi connectivity index (χ1n) is 7.32. The summed E-state index contributed by atoms with van der Waals surface area (Å²) in [5.74, 6) is -0.118. The van der Waals surface area contributed by atoms with Crippen molar-refractivity contribution in [3.8, 4) is 0 Å². The SMILES string of the molecule is OC(Cc1cc(Cl)ccc1F)C1CCc2ccccc2C1. The van der Waals surface area contributed by atoms with Crippen molar-refractivity contribution in [1.82, 2.24) is 0 Å². The molecule has 1 aliphatic rings. The second kappa shape index (κ2) is 6.17. The van der Waals surface area contributed by atoms with Gasteiger partial charge >= 0.3 is 0 Å². The van der Waals surface area contributed by atoms with Gasteiger partial charge in [0, 0.05) is 11.4 Å². The van der Waals surface area contributed by atoms with Crippen molar-refractivity contribution < 1.29 is 9.50 Å². The van der Waals surface area contributed by atoms with Crippen LogP contribution in [0.3, 0.4) is 0 Å². The molecule has 2 aromatic rings. The Bertz CT molecular complexity index is 641. The van der Waals surface area contributed by atoms with E-state index < -0.39 is 6.10 Å². The van der Waals surface area contributed by atoms with Gasteiger partial charge in [-0.3, -0.25) is 0 Å². The summed E-state index contributed by atoms with van der Waals surface area (Å²) in [6, 6.07) is 12.9. The van der Waals surface area contributed by atoms with E-state index in [2.05, 4.69) is 18.2 Å². The number of hydrogen-bond acceptors (Lipinski definition) is 1. The molecule has 2 atom stereocenters. The lowest BCUT2D eigenvalue weighted by Gasteiger charge is -2.28. The summed E-state index contributed by atoms with van der Waals surface area (Å²) < 4.78 is 13.8. The van der Waals surface area contributed by atoms with Crippen LogP contribution in [0.1, 0.15) is 23.1 Å². The molecule has 0 heterocycles. The molecule has 3 rings (SSSR count). The Morgan fingerprint density at radius 3 is 2.76 bits per heavy atom. The van der Waals surface area contributed by atoms with Gasteiger partial charge in [0.05, 0.1) is 6.10 Å². The highest BCUT2D eigenvalue weighted by molar-refractivity contribution is 6.30. The Morgan fingerprint density at radius 1 is 1.19 bits per heavy atom. The molecule has 0 bridgehead atoms. The molecular formula is C18H18ClFO. The van der Waals surface area contributed by atoms with E-state index in [0.717, 1.165) is 19.3 Å². The van der Waals surface area contributed by atoms with Crippen molar-refractivity contribution in [2.24, 2.45) is 5.92 Å². The van der Waals surface area contributed by atoms with Crippen LogP contribution in [0.4, 0.5) is 4.39 Å². The number of halogens is 2. The van der Waals surface area contributed by atoms with Crippen molar-refractivity contribution in [1.29, 1.82) is 0 Å². The maximum absolute atomic E-state index is 13.8. The number of fused-ring (bicyclic) bond motifs is 1. The molecule has 0 saturated heterocycles. The molecule has 0 spiro atoms. The first kappa shape index (κ1) is 14.6. The van der Waals surface area contributed by atoms with E-state index in [1.165, 1.54) is 23.3 Å². The van der Waals surface area contributed by atoms with Crippen molar-refractivity contribution in [3.63, 3.8) is 0 Å². The minimum atomic E-state index is -0.536. The fourth-order valence-electron chi connectivity index (χ4n) is 3.15. The lowest BCUT2D eigenvalue weighted by Crippen LogP contribution is -2.28. The minimum absolute atomic E-state index is 0.179. The van der Waals surface area contributed by atoms with Gasteiger partial charge in [0.1, 0.15) is 5.82 Å². The van der Waals surface area contributed by atoms with E-state index in [-0.39, 0.29) is 11.7 Å². The Balaban J connectivity index is 1.72. The normalized spacial score (nSPS) is 19.1. The third-order valence-corrected chi connectivity index (χ3v) is 4.60. The molecule has 21 heavy (non-hydrogen) atoms. The fraction of sp³-hybridized carbons (Fsp3) is 0.333. The van der Waals surface area contributed by atoms with E-state index in [1.54, 1.807) is 6.07 Å². The van der Waals surface area contributed by atoms with Gasteiger partial charge in [-0.15, -0.1) is 0 Å². The molecule has 0 fully saturated rings. The van der Waals surface area contributed by atoms with Gasteiger partial charge in [-0.1, -0.05) is 35.9 Å². The van der Waals surface area contributed by atoms with E-state index in [1.807, 2.05) is 6.07 Å². The van der Waals surface area contributed by atoms with Crippen molar-refractivity contribution in [3.05, 3.63) is 70.0 Å². The number of rotatable bonds is 3. The van der Waals surface area contributed by atoms with Gasteiger partial charge in [0.2, 0.25) is 0 Å². The summed E-state index contributed by atoms with van der Waals surface area (Å²) in [6.07, 6.45) is 2.57. The maximum Gasteiger partial charge on any atom is 0.126 e. The highest BCUT2D eigenvalue weighted by atomic mass is 35.5. The zero-order valence-corrected chi connectivity index (χ0v) is 12.5. The Labute approximate surface area is 129 Å². The second-order valence-electron chi connectivity index (χ2n) is 5.78. The smallest absolute Gasteiger partial charge is 0.126 e. The number of aryl methyl sites for hydroxylation is 1. The van der Waals surface area contributed by atoms with Crippen molar-refractivity contribution >= 4 is 11.6 Å². The van der Waals surface area contributed by atoms with Crippen LogP contribution in [0.25, 0.3) is 0 Å². The fourth-order valence-corrected chi connectivity index (χ4v) is 3.34. The Hall–Kier alpha value is -1.38. The standard InChI is InChI=1S/C18H18ClFO/c19-16-7-8-17(20)15(10-16)11-18(21)14-6-5-12-3-1-2-4-13(12)9-14/h1-4,7-8,10,14,18,21H,5-6,9,11H2. The summed E-state index contributed by atoms with van der Waals surface area (Å²) in [6.45, 7) is 0. The molecule has 2 unspecified atom stereocenters. The summed E-state index contributed by atoms with van der Waals surface area (Å²) in [7, 11) is 0. The van der Waals surface area contributed by atoms with E-state index in [0.29, 0.717) is 17.0 Å². The van der Waals surface area contributed by atoms with Crippen molar-refractivity contribution in [2.45, 2.75) is 31.8 Å². The summed E-state index contributed by atoms with van der Waals surface area (Å²) in [5.41, 5.74) is 3.17. The molecule has 3 heteroatoms. The average molecular weight is 305 g/mol. The predicted molar refractivity (Wildman–Crippen MR) is 83.1 cm³/mol. The summed E-state index contributed by atoms with van der Waals surface area (Å²) in [5, 5.41) is 11.0. The molecule has 1 nitrogen and oxygen atoms in total. The lowest BCUT2D eigenvalue weighted by molar-refractivity contribution is 0.0984. The van der Waals surface area contributed by atoms with Crippen LogP contribution in [0.15, 0.2) is 42.5 Å². The second-order valence-corrected chi connectivity index (χ2v) is 6.22.